The largest absolute Gasteiger partial charge is 0.461 e. The quantitative estimate of drug-likeness (QED) is 0.308. The average molecular weight is 401 g/mol. The fourth-order valence-electron chi connectivity index (χ4n) is 3.42. The second kappa shape index (κ2) is 8.21. The van der Waals surface area contributed by atoms with Crippen LogP contribution in [0.3, 0.4) is 0 Å². The number of nitrogens with one attached hydrogen (secondary N) is 1. The van der Waals surface area contributed by atoms with Crippen molar-refractivity contribution >= 4 is 39.3 Å². The minimum Gasteiger partial charge on any atom is -0.461 e. The molecule has 30 heavy (non-hydrogen) atoms. The number of rotatable bonds is 5. The van der Waals surface area contributed by atoms with Gasteiger partial charge in [-0.1, -0.05) is 42.5 Å². The van der Waals surface area contributed by atoms with E-state index in [4.69, 9.17) is 9.15 Å². The summed E-state index contributed by atoms with van der Waals surface area (Å²) in [5, 5.41) is 5.37. The number of amides is 1. The van der Waals surface area contributed by atoms with Crippen LogP contribution in [0.4, 0.5) is 5.69 Å². The molecule has 0 aliphatic carbocycles. The predicted molar refractivity (Wildman–Crippen MR) is 114 cm³/mol. The van der Waals surface area contributed by atoms with Gasteiger partial charge in [-0.3, -0.25) is 9.59 Å². The van der Waals surface area contributed by atoms with Crippen molar-refractivity contribution in [1.82, 2.24) is 0 Å². The van der Waals surface area contributed by atoms with Gasteiger partial charge in [0.05, 0.1) is 6.42 Å². The summed E-state index contributed by atoms with van der Waals surface area (Å²) in [7, 11) is 0. The molecule has 0 aliphatic heterocycles. The molecule has 0 unspecified atom stereocenters. The van der Waals surface area contributed by atoms with E-state index in [1.807, 2.05) is 30.3 Å². The molecular formula is C24H19NO5. The normalized spacial score (nSPS) is 10.8. The number of fused-ring (bicyclic) bond motifs is 3. The smallest absolute Gasteiger partial charge is 0.336 e. The van der Waals surface area contributed by atoms with Crippen LogP contribution in [0.1, 0.15) is 18.1 Å². The maximum Gasteiger partial charge on any atom is 0.336 e. The van der Waals surface area contributed by atoms with E-state index in [1.165, 1.54) is 13.0 Å². The molecule has 1 amide bonds. The lowest BCUT2D eigenvalue weighted by Gasteiger charge is -2.10. The Labute approximate surface area is 172 Å². The highest BCUT2D eigenvalue weighted by atomic mass is 16.5. The van der Waals surface area contributed by atoms with Crippen molar-refractivity contribution in [3.63, 3.8) is 0 Å². The fraction of sp³-hybridized carbons (Fsp3) is 0.125. The van der Waals surface area contributed by atoms with E-state index in [0.717, 1.165) is 21.7 Å². The first-order valence-electron chi connectivity index (χ1n) is 9.46. The van der Waals surface area contributed by atoms with E-state index in [-0.39, 0.29) is 18.9 Å². The molecule has 1 heterocycles. The van der Waals surface area contributed by atoms with Crippen molar-refractivity contribution in [2.75, 3.05) is 5.32 Å². The Balaban J connectivity index is 1.53. The van der Waals surface area contributed by atoms with Crippen LogP contribution in [-0.2, 0) is 27.4 Å². The standard InChI is InChI=1S/C24H19NO5/c1-15(26)25-19-9-6-16(7-10-19)12-22(27)29-14-18-13-23(28)30-21-11-8-17-4-2-3-5-20(17)24(18)21/h2-11,13H,12,14H2,1H3,(H,25,26). The number of carbonyl (C=O) groups is 2. The highest BCUT2D eigenvalue weighted by molar-refractivity contribution is 6.07. The zero-order chi connectivity index (χ0) is 21.1. The Morgan fingerprint density at radius 3 is 2.53 bits per heavy atom. The third-order valence-corrected chi connectivity index (χ3v) is 4.73. The van der Waals surface area contributed by atoms with Crippen LogP contribution >= 0.6 is 0 Å². The van der Waals surface area contributed by atoms with E-state index in [9.17, 15) is 14.4 Å². The molecule has 0 radical (unpaired) electrons. The van der Waals surface area contributed by atoms with Gasteiger partial charge in [-0.15, -0.1) is 0 Å². The molecule has 3 aromatic carbocycles. The summed E-state index contributed by atoms with van der Waals surface area (Å²) in [6, 6.07) is 19.7. The predicted octanol–water partition coefficient (Wildman–Crippen LogP) is 4.19. The molecule has 4 aromatic rings. The van der Waals surface area contributed by atoms with Crippen LogP contribution in [0.25, 0.3) is 21.7 Å². The molecule has 4 rings (SSSR count). The Morgan fingerprint density at radius 1 is 1.00 bits per heavy atom. The second-order valence-corrected chi connectivity index (χ2v) is 6.97. The molecule has 0 atom stereocenters. The summed E-state index contributed by atoms with van der Waals surface area (Å²) in [5.41, 5.74) is 2.00. The number of esters is 1. The third-order valence-electron chi connectivity index (χ3n) is 4.73. The first-order chi connectivity index (χ1) is 14.5. The molecule has 1 aromatic heterocycles. The summed E-state index contributed by atoms with van der Waals surface area (Å²) in [6.07, 6.45) is 0.0838. The fourth-order valence-corrected chi connectivity index (χ4v) is 3.42. The Bertz CT molecular complexity index is 1300. The monoisotopic (exact) mass is 401 g/mol. The first kappa shape index (κ1) is 19.4. The van der Waals surface area contributed by atoms with Crippen molar-refractivity contribution in [3.05, 3.63) is 88.3 Å². The molecule has 0 bridgehead atoms. The summed E-state index contributed by atoms with van der Waals surface area (Å²) < 4.78 is 10.8. The van der Waals surface area contributed by atoms with Gasteiger partial charge in [-0.25, -0.2) is 4.79 Å². The summed E-state index contributed by atoms with van der Waals surface area (Å²) in [4.78, 5) is 35.4. The minimum atomic E-state index is -0.489. The second-order valence-electron chi connectivity index (χ2n) is 6.97. The van der Waals surface area contributed by atoms with Gasteiger partial charge in [0, 0.05) is 29.6 Å². The van der Waals surface area contributed by atoms with Crippen LogP contribution in [0.5, 0.6) is 0 Å². The zero-order valence-electron chi connectivity index (χ0n) is 16.3. The number of hydrogen-bond acceptors (Lipinski definition) is 5. The minimum absolute atomic E-state index is 0.0289. The molecule has 0 spiro atoms. The lowest BCUT2D eigenvalue weighted by atomic mass is 10.0. The zero-order valence-corrected chi connectivity index (χ0v) is 16.3. The van der Waals surface area contributed by atoms with Crippen molar-refractivity contribution < 1.29 is 18.7 Å². The van der Waals surface area contributed by atoms with Gasteiger partial charge < -0.3 is 14.5 Å². The van der Waals surface area contributed by atoms with Gasteiger partial charge in [-0.05, 0) is 34.5 Å². The number of hydrogen-bond donors (Lipinski definition) is 1. The molecule has 0 saturated heterocycles. The molecule has 150 valence electrons. The van der Waals surface area contributed by atoms with Crippen LogP contribution in [0.15, 0.2) is 75.9 Å². The van der Waals surface area contributed by atoms with Crippen LogP contribution in [-0.4, -0.2) is 11.9 Å². The first-order valence-corrected chi connectivity index (χ1v) is 9.46. The number of ether oxygens (including phenoxy) is 1. The van der Waals surface area contributed by atoms with Crippen molar-refractivity contribution in [1.29, 1.82) is 0 Å². The molecule has 6 nitrogen and oxygen atoms in total. The molecule has 0 aliphatic rings. The molecule has 0 saturated carbocycles. The number of benzene rings is 3. The van der Waals surface area contributed by atoms with Crippen molar-refractivity contribution in [2.24, 2.45) is 0 Å². The van der Waals surface area contributed by atoms with E-state index in [2.05, 4.69) is 5.32 Å². The summed E-state index contributed by atoms with van der Waals surface area (Å²) in [5.74, 6) is -0.571. The molecular weight excluding hydrogens is 382 g/mol. The lowest BCUT2D eigenvalue weighted by Crippen LogP contribution is -2.10. The lowest BCUT2D eigenvalue weighted by molar-refractivity contribution is -0.144. The van der Waals surface area contributed by atoms with E-state index in [1.54, 1.807) is 30.3 Å². The van der Waals surface area contributed by atoms with Crippen molar-refractivity contribution in [2.45, 2.75) is 20.0 Å². The van der Waals surface area contributed by atoms with Crippen molar-refractivity contribution in [3.8, 4) is 0 Å². The Morgan fingerprint density at radius 2 is 1.77 bits per heavy atom. The molecule has 6 heteroatoms. The van der Waals surface area contributed by atoms with Gasteiger partial charge in [0.1, 0.15) is 12.2 Å². The third kappa shape index (κ3) is 4.22. The topological polar surface area (TPSA) is 85.6 Å². The van der Waals surface area contributed by atoms with E-state index in [0.29, 0.717) is 16.8 Å². The highest BCUT2D eigenvalue weighted by Gasteiger charge is 2.12. The SMILES string of the molecule is CC(=O)Nc1ccc(CC(=O)OCc2cc(=O)oc3ccc4ccccc4c23)cc1. The van der Waals surface area contributed by atoms with Gasteiger partial charge in [0.15, 0.2) is 0 Å². The summed E-state index contributed by atoms with van der Waals surface area (Å²) >= 11 is 0. The average Bonchev–Trinajstić information content (AvgIpc) is 2.72. The van der Waals surface area contributed by atoms with Crippen LogP contribution in [0.2, 0.25) is 0 Å². The van der Waals surface area contributed by atoms with E-state index < -0.39 is 11.6 Å². The maximum absolute atomic E-state index is 12.3. The maximum atomic E-state index is 12.3. The van der Waals surface area contributed by atoms with Crippen LogP contribution in [0, 0.1) is 0 Å². The van der Waals surface area contributed by atoms with Gasteiger partial charge in [-0.2, -0.15) is 0 Å². The number of carbonyl (C=O) groups excluding carboxylic acids is 2. The Hall–Kier alpha value is -3.93. The Kier molecular flexibility index (Phi) is 5.30. The van der Waals surface area contributed by atoms with E-state index >= 15 is 0 Å². The number of anilines is 1. The molecule has 0 fully saturated rings. The summed E-state index contributed by atoms with van der Waals surface area (Å²) in [6.45, 7) is 1.40. The highest BCUT2D eigenvalue weighted by Crippen LogP contribution is 2.27. The van der Waals surface area contributed by atoms with Gasteiger partial charge in [0.25, 0.3) is 0 Å². The van der Waals surface area contributed by atoms with Gasteiger partial charge in [0.2, 0.25) is 5.91 Å². The van der Waals surface area contributed by atoms with Gasteiger partial charge >= 0.3 is 11.6 Å². The van der Waals surface area contributed by atoms with Crippen LogP contribution < -0.4 is 10.9 Å². The molecule has 1 N–H and O–H groups in total.